The minimum absolute atomic E-state index is 0.00463. The predicted octanol–water partition coefficient (Wildman–Crippen LogP) is 1.36. The molecule has 0 aromatic carbocycles. The third-order valence-corrected chi connectivity index (χ3v) is 2.22. The van der Waals surface area contributed by atoms with Crippen molar-refractivity contribution in [2.75, 3.05) is 14.2 Å². The largest absolute Gasteiger partial charge is 0.469 e. The van der Waals surface area contributed by atoms with Crippen molar-refractivity contribution in [1.82, 2.24) is 0 Å². The Hall–Kier alpha value is -1.43. The molecule has 0 bridgehead atoms. The van der Waals surface area contributed by atoms with Gasteiger partial charge in [-0.3, -0.25) is 9.59 Å². The van der Waals surface area contributed by atoms with E-state index in [1.54, 1.807) is 20.8 Å². The van der Waals surface area contributed by atoms with Crippen LogP contribution in [0, 0.1) is 5.92 Å². The van der Waals surface area contributed by atoms with Crippen molar-refractivity contribution in [3.05, 3.63) is 0 Å². The number of carbonyl (C=O) groups excluding carboxylic acids is 3. The minimum Gasteiger partial charge on any atom is -0.469 e. The van der Waals surface area contributed by atoms with Gasteiger partial charge in [0.1, 0.15) is 0 Å². The molecule has 0 amide bonds. The second-order valence-electron chi connectivity index (χ2n) is 4.25. The molecular weight excluding hydrogens is 252 g/mol. The normalized spacial score (nSPS) is 12.8. The van der Waals surface area contributed by atoms with Crippen LogP contribution in [0.4, 0.5) is 0 Å². The Bertz CT molecular complexity index is 298. The van der Waals surface area contributed by atoms with E-state index in [0.29, 0.717) is 0 Å². The number of ketones is 1. The van der Waals surface area contributed by atoms with Crippen molar-refractivity contribution in [2.24, 2.45) is 5.92 Å². The molecule has 0 aromatic heterocycles. The average Bonchev–Trinajstić information content (AvgIpc) is 2.36. The van der Waals surface area contributed by atoms with Crippen LogP contribution in [0.25, 0.3) is 0 Å². The van der Waals surface area contributed by atoms with Crippen LogP contribution in [-0.4, -0.2) is 44.1 Å². The fourth-order valence-electron chi connectivity index (χ4n) is 0.685. The third kappa shape index (κ3) is 10.2. The summed E-state index contributed by atoms with van der Waals surface area (Å²) in [4.78, 5) is 32.0. The van der Waals surface area contributed by atoms with Gasteiger partial charge in [-0.15, -0.1) is 0 Å². The van der Waals surface area contributed by atoms with E-state index in [1.165, 1.54) is 28.1 Å². The number of ether oxygens (including phenoxy) is 3. The Labute approximate surface area is 114 Å². The average molecular weight is 276 g/mol. The highest BCUT2D eigenvalue weighted by Gasteiger charge is 2.18. The SMILES string of the molecule is COC(=O)C(C)C.COC(C)C(=O)OC(C)C(C)=O. The Morgan fingerprint density at radius 1 is 0.842 bits per heavy atom. The van der Waals surface area contributed by atoms with Crippen molar-refractivity contribution in [3.63, 3.8) is 0 Å². The van der Waals surface area contributed by atoms with E-state index in [-0.39, 0.29) is 17.7 Å². The van der Waals surface area contributed by atoms with Crippen LogP contribution in [0.2, 0.25) is 0 Å². The summed E-state index contributed by atoms with van der Waals surface area (Å²) in [6.45, 7) is 8.06. The monoisotopic (exact) mass is 276 g/mol. The summed E-state index contributed by atoms with van der Waals surface area (Å²) in [5.74, 6) is -0.836. The second kappa shape index (κ2) is 10.5. The Kier molecular flexibility index (Phi) is 11.0. The van der Waals surface area contributed by atoms with Gasteiger partial charge in [-0.2, -0.15) is 0 Å². The zero-order chi connectivity index (χ0) is 15.6. The summed E-state index contributed by atoms with van der Waals surface area (Å²) in [6, 6.07) is 0. The lowest BCUT2D eigenvalue weighted by Crippen LogP contribution is -2.29. The Balaban J connectivity index is 0. The summed E-state index contributed by atoms with van der Waals surface area (Å²) in [5, 5.41) is 0. The maximum absolute atomic E-state index is 11.0. The molecular formula is C13H24O6. The molecule has 0 rings (SSSR count). The molecule has 0 heterocycles. The molecule has 0 aliphatic carbocycles. The van der Waals surface area contributed by atoms with E-state index >= 15 is 0 Å². The fourth-order valence-corrected chi connectivity index (χ4v) is 0.685. The van der Waals surface area contributed by atoms with E-state index in [1.807, 2.05) is 0 Å². The van der Waals surface area contributed by atoms with E-state index in [4.69, 9.17) is 9.47 Å². The zero-order valence-corrected chi connectivity index (χ0v) is 12.7. The molecule has 0 fully saturated rings. The standard InChI is InChI=1S/C8H14O4.C5H10O2/c1-5(9)6(2)12-8(10)7(3)11-4;1-4(2)5(6)7-3/h6-7H,1-4H3;4H,1-3H3. The van der Waals surface area contributed by atoms with Crippen molar-refractivity contribution in [1.29, 1.82) is 0 Å². The second-order valence-corrected chi connectivity index (χ2v) is 4.25. The first-order valence-electron chi connectivity index (χ1n) is 5.98. The van der Waals surface area contributed by atoms with Gasteiger partial charge in [0, 0.05) is 7.11 Å². The summed E-state index contributed by atoms with van der Waals surface area (Å²) >= 11 is 0. The van der Waals surface area contributed by atoms with Gasteiger partial charge in [0.15, 0.2) is 18.0 Å². The molecule has 0 aliphatic rings. The molecule has 112 valence electrons. The minimum atomic E-state index is -0.685. The summed E-state index contributed by atoms with van der Waals surface area (Å²) in [6.07, 6.45) is -1.30. The summed E-state index contributed by atoms with van der Waals surface area (Å²) in [7, 11) is 2.80. The lowest BCUT2D eigenvalue weighted by Gasteiger charge is -2.13. The highest BCUT2D eigenvalue weighted by Crippen LogP contribution is 1.98. The van der Waals surface area contributed by atoms with Gasteiger partial charge in [0.05, 0.1) is 13.0 Å². The molecule has 2 atom stereocenters. The molecule has 6 nitrogen and oxygen atoms in total. The molecule has 0 radical (unpaired) electrons. The quantitative estimate of drug-likeness (QED) is 0.705. The molecule has 19 heavy (non-hydrogen) atoms. The van der Waals surface area contributed by atoms with Crippen LogP contribution < -0.4 is 0 Å². The van der Waals surface area contributed by atoms with Crippen molar-refractivity contribution >= 4 is 17.7 Å². The third-order valence-electron chi connectivity index (χ3n) is 2.22. The Morgan fingerprint density at radius 3 is 1.53 bits per heavy atom. The molecule has 2 unspecified atom stereocenters. The number of carbonyl (C=O) groups is 3. The van der Waals surface area contributed by atoms with Crippen LogP contribution >= 0.6 is 0 Å². The first kappa shape index (κ1) is 19.9. The molecule has 6 heteroatoms. The molecule has 0 N–H and O–H groups in total. The van der Waals surface area contributed by atoms with Gasteiger partial charge in [0.2, 0.25) is 0 Å². The lowest BCUT2D eigenvalue weighted by atomic mass is 10.2. The van der Waals surface area contributed by atoms with Crippen LogP contribution in [0.5, 0.6) is 0 Å². The number of hydrogen-bond acceptors (Lipinski definition) is 6. The lowest BCUT2D eigenvalue weighted by molar-refractivity contribution is -0.162. The predicted molar refractivity (Wildman–Crippen MR) is 69.6 cm³/mol. The molecule has 0 spiro atoms. The van der Waals surface area contributed by atoms with E-state index in [0.717, 1.165) is 0 Å². The van der Waals surface area contributed by atoms with Crippen LogP contribution in [-0.2, 0) is 28.6 Å². The molecule has 0 aromatic rings. The number of esters is 2. The Morgan fingerprint density at radius 2 is 1.32 bits per heavy atom. The van der Waals surface area contributed by atoms with Gasteiger partial charge in [-0.25, -0.2) is 4.79 Å². The van der Waals surface area contributed by atoms with E-state index in [2.05, 4.69) is 4.74 Å². The fraction of sp³-hybridized carbons (Fsp3) is 0.769. The van der Waals surface area contributed by atoms with Gasteiger partial charge < -0.3 is 14.2 Å². The number of Topliss-reactive ketones (excluding diaryl/α,β-unsaturated/α-hetero) is 1. The highest BCUT2D eigenvalue weighted by atomic mass is 16.6. The smallest absolute Gasteiger partial charge is 0.335 e. The highest BCUT2D eigenvalue weighted by molar-refractivity contribution is 5.84. The molecule has 0 saturated carbocycles. The van der Waals surface area contributed by atoms with Gasteiger partial charge in [-0.1, -0.05) is 13.8 Å². The van der Waals surface area contributed by atoms with Gasteiger partial charge in [-0.05, 0) is 20.8 Å². The van der Waals surface area contributed by atoms with Crippen molar-refractivity contribution in [3.8, 4) is 0 Å². The number of hydrogen-bond donors (Lipinski definition) is 0. The zero-order valence-electron chi connectivity index (χ0n) is 12.7. The van der Waals surface area contributed by atoms with Gasteiger partial charge in [0.25, 0.3) is 0 Å². The van der Waals surface area contributed by atoms with Crippen LogP contribution in [0.1, 0.15) is 34.6 Å². The van der Waals surface area contributed by atoms with Crippen molar-refractivity contribution in [2.45, 2.75) is 46.8 Å². The topological polar surface area (TPSA) is 78.9 Å². The van der Waals surface area contributed by atoms with E-state index in [9.17, 15) is 14.4 Å². The summed E-state index contributed by atoms with van der Waals surface area (Å²) in [5.41, 5.74) is 0. The number of rotatable bonds is 5. The van der Waals surface area contributed by atoms with Gasteiger partial charge >= 0.3 is 11.9 Å². The van der Waals surface area contributed by atoms with E-state index < -0.39 is 18.2 Å². The maximum atomic E-state index is 11.0. The van der Waals surface area contributed by atoms with Crippen LogP contribution in [0.15, 0.2) is 0 Å². The number of methoxy groups -OCH3 is 2. The first-order valence-corrected chi connectivity index (χ1v) is 5.98. The van der Waals surface area contributed by atoms with Crippen LogP contribution in [0.3, 0.4) is 0 Å². The van der Waals surface area contributed by atoms with Crippen molar-refractivity contribution < 1.29 is 28.6 Å². The maximum Gasteiger partial charge on any atom is 0.335 e. The first-order chi connectivity index (χ1) is 8.67. The molecule has 0 aliphatic heterocycles. The molecule has 0 saturated heterocycles. The summed E-state index contributed by atoms with van der Waals surface area (Å²) < 4.78 is 13.8.